The lowest BCUT2D eigenvalue weighted by molar-refractivity contribution is -0.161. The fourth-order valence-electron chi connectivity index (χ4n) is 1.93. The summed E-state index contributed by atoms with van der Waals surface area (Å²) < 4.78 is 11.7. The normalized spacial score (nSPS) is 11.6. The summed E-state index contributed by atoms with van der Waals surface area (Å²) in [7, 11) is 0. The number of aliphatic hydroxyl groups is 1. The first-order chi connectivity index (χ1) is 12.0. The lowest BCUT2D eigenvalue weighted by Gasteiger charge is -2.12. The minimum absolute atomic E-state index is 0.00330. The Labute approximate surface area is 162 Å². The molecule has 1 atom stereocenters. The van der Waals surface area contributed by atoms with Gasteiger partial charge in [-0.25, -0.2) is 4.79 Å². The van der Waals surface area contributed by atoms with Crippen LogP contribution in [0.15, 0.2) is 57.5 Å². The van der Waals surface area contributed by atoms with E-state index in [1.165, 1.54) is 0 Å². The topological polar surface area (TPSA) is 72.8 Å². The summed E-state index contributed by atoms with van der Waals surface area (Å²) >= 11 is 6.69. The molecule has 7 heteroatoms. The third-order valence-electron chi connectivity index (χ3n) is 3.31. The van der Waals surface area contributed by atoms with Crippen molar-refractivity contribution in [2.45, 2.75) is 25.7 Å². The lowest BCUT2D eigenvalue weighted by atomic mass is 10.2. The van der Waals surface area contributed by atoms with E-state index >= 15 is 0 Å². The van der Waals surface area contributed by atoms with Crippen LogP contribution in [0.2, 0.25) is 0 Å². The summed E-state index contributed by atoms with van der Waals surface area (Å²) in [6.07, 6.45) is -2.02. The first-order valence-electron chi connectivity index (χ1n) is 7.44. The van der Waals surface area contributed by atoms with Gasteiger partial charge in [-0.1, -0.05) is 68.3 Å². The Morgan fingerprint density at radius 2 is 1.36 bits per heavy atom. The molecule has 0 aliphatic rings. The van der Waals surface area contributed by atoms with Crippen molar-refractivity contribution in [2.24, 2.45) is 0 Å². The van der Waals surface area contributed by atoms with Crippen LogP contribution in [0.5, 0.6) is 0 Å². The molecule has 1 N–H and O–H groups in total. The van der Waals surface area contributed by atoms with Crippen LogP contribution in [0, 0.1) is 0 Å². The van der Waals surface area contributed by atoms with Crippen molar-refractivity contribution in [3.05, 3.63) is 68.6 Å². The van der Waals surface area contributed by atoms with Crippen LogP contribution in [0.4, 0.5) is 0 Å². The molecule has 0 radical (unpaired) electrons. The summed E-state index contributed by atoms with van der Waals surface area (Å²) in [5.41, 5.74) is 1.56. The average Bonchev–Trinajstić information content (AvgIpc) is 2.60. The number of rotatable bonds is 7. The Morgan fingerprint density at radius 1 is 0.880 bits per heavy atom. The SMILES string of the molecule is O=C(CC(O)C(=O)OCc1ccccc1Br)OCc1ccccc1Br. The van der Waals surface area contributed by atoms with E-state index in [1.807, 2.05) is 36.4 Å². The fraction of sp³-hybridized carbons (Fsp3) is 0.222. The molecule has 2 aromatic rings. The molecule has 0 bridgehead atoms. The minimum Gasteiger partial charge on any atom is -0.461 e. The van der Waals surface area contributed by atoms with Gasteiger partial charge in [-0.3, -0.25) is 4.79 Å². The van der Waals surface area contributed by atoms with Crippen molar-refractivity contribution < 1.29 is 24.2 Å². The van der Waals surface area contributed by atoms with Gasteiger partial charge in [0.15, 0.2) is 6.10 Å². The average molecular weight is 472 g/mol. The quantitative estimate of drug-likeness (QED) is 0.622. The number of halogens is 2. The molecule has 0 aromatic heterocycles. The molecule has 1 unspecified atom stereocenters. The summed E-state index contributed by atoms with van der Waals surface area (Å²) in [6.45, 7) is 0.0579. The molecular formula is C18H16Br2O5. The van der Waals surface area contributed by atoms with Gasteiger partial charge in [-0.05, 0) is 12.1 Å². The van der Waals surface area contributed by atoms with Crippen molar-refractivity contribution in [1.82, 2.24) is 0 Å². The molecule has 0 heterocycles. The molecule has 0 saturated heterocycles. The van der Waals surface area contributed by atoms with E-state index in [4.69, 9.17) is 9.47 Å². The molecule has 2 aromatic carbocycles. The molecule has 25 heavy (non-hydrogen) atoms. The highest BCUT2D eigenvalue weighted by Gasteiger charge is 2.22. The van der Waals surface area contributed by atoms with Gasteiger partial charge in [0.1, 0.15) is 13.2 Å². The standard InChI is InChI=1S/C18H16Br2O5/c19-14-7-3-1-5-12(14)10-24-17(22)9-16(21)18(23)25-11-13-6-2-4-8-15(13)20/h1-8,16,21H,9-11H2. The molecule has 132 valence electrons. The second-order valence-corrected chi connectivity index (χ2v) is 6.88. The second-order valence-electron chi connectivity index (χ2n) is 5.17. The lowest BCUT2D eigenvalue weighted by Crippen LogP contribution is -2.26. The van der Waals surface area contributed by atoms with Gasteiger partial charge >= 0.3 is 11.9 Å². The second kappa shape index (κ2) is 9.70. The highest BCUT2D eigenvalue weighted by molar-refractivity contribution is 9.10. The molecular weight excluding hydrogens is 456 g/mol. The summed E-state index contributed by atoms with van der Waals surface area (Å²) in [4.78, 5) is 23.5. The van der Waals surface area contributed by atoms with Crippen molar-refractivity contribution in [3.8, 4) is 0 Å². The van der Waals surface area contributed by atoms with E-state index in [9.17, 15) is 14.7 Å². The number of carbonyl (C=O) groups is 2. The monoisotopic (exact) mass is 470 g/mol. The highest BCUT2D eigenvalue weighted by atomic mass is 79.9. The number of ether oxygens (including phenoxy) is 2. The molecule has 0 aliphatic carbocycles. The number of carbonyl (C=O) groups excluding carboxylic acids is 2. The van der Waals surface area contributed by atoms with Gasteiger partial charge in [0, 0.05) is 20.1 Å². The van der Waals surface area contributed by atoms with Crippen molar-refractivity contribution in [2.75, 3.05) is 0 Å². The van der Waals surface area contributed by atoms with Crippen molar-refractivity contribution >= 4 is 43.8 Å². The molecule has 0 amide bonds. The molecule has 0 fully saturated rings. The smallest absolute Gasteiger partial charge is 0.335 e. The van der Waals surface area contributed by atoms with E-state index in [0.717, 1.165) is 20.1 Å². The van der Waals surface area contributed by atoms with E-state index in [2.05, 4.69) is 31.9 Å². The molecule has 5 nitrogen and oxygen atoms in total. The number of benzene rings is 2. The number of esters is 2. The van der Waals surface area contributed by atoms with Gasteiger partial charge in [-0.15, -0.1) is 0 Å². The Bertz CT molecular complexity index is 748. The third kappa shape index (κ3) is 6.26. The van der Waals surface area contributed by atoms with Gasteiger partial charge in [0.25, 0.3) is 0 Å². The minimum atomic E-state index is -1.56. The maximum atomic E-state index is 11.8. The summed E-state index contributed by atoms with van der Waals surface area (Å²) in [5.74, 6) is -1.55. The zero-order valence-corrected chi connectivity index (χ0v) is 16.3. The first-order valence-corrected chi connectivity index (χ1v) is 9.03. The van der Waals surface area contributed by atoms with Crippen LogP contribution in [-0.2, 0) is 32.3 Å². The van der Waals surface area contributed by atoms with Crippen molar-refractivity contribution in [1.29, 1.82) is 0 Å². The third-order valence-corrected chi connectivity index (χ3v) is 4.85. The van der Waals surface area contributed by atoms with Crippen LogP contribution < -0.4 is 0 Å². The van der Waals surface area contributed by atoms with E-state index in [1.54, 1.807) is 12.1 Å². The molecule has 2 rings (SSSR count). The van der Waals surface area contributed by atoms with E-state index < -0.39 is 24.5 Å². The Kier molecular flexibility index (Phi) is 7.61. The molecule has 0 spiro atoms. The Balaban J connectivity index is 1.77. The van der Waals surface area contributed by atoms with Crippen LogP contribution in [0.3, 0.4) is 0 Å². The van der Waals surface area contributed by atoms with Gasteiger partial charge < -0.3 is 14.6 Å². The maximum Gasteiger partial charge on any atom is 0.335 e. The molecule has 0 aliphatic heterocycles. The largest absolute Gasteiger partial charge is 0.461 e. The molecule has 0 saturated carbocycles. The predicted octanol–water partition coefficient (Wildman–Crippen LogP) is 3.75. The highest BCUT2D eigenvalue weighted by Crippen LogP contribution is 2.18. The maximum absolute atomic E-state index is 11.8. The number of hydrogen-bond donors (Lipinski definition) is 1. The first kappa shape index (κ1) is 19.6. The number of hydrogen-bond acceptors (Lipinski definition) is 5. The zero-order chi connectivity index (χ0) is 18.2. The van der Waals surface area contributed by atoms with Crippen LogP contribution in [0.1, 0.15) is 17.5 Å². The van der Waals surface area contributed by atoms with Crippen molar-refractivity contribution in [3.63, 3.8) is 0 Å². The van der Waals surface area contributed by atoms with Gasteiger partial charge in [0.05, 0.1) is 6.42 Å². The van der Waals surface area contributed by atoms with Crippen LogP contribution in [-0.4, -0.2) is 23.1 Å². The van der Waals surface area contributed by atoms with Gasteiger partial charge in [-0.2, -0.15) is 0 Å². The Hall–Kier alpha value is -1.70. The number of aliphatic hydroxyl groups excluding tert-OH is 1. The Morgan fingerprint density at radius 3 is 1.88 bits per heavy atom. The van der Waals surface area contributed by atoms with Crippen LogP contribution >= 0.6 is 31.9 Å². The predicted molar refractivity (Wildman–Crippen MR) is 98.5 cm³/mol. The zero-order valence-electron chi connectivity index (χ0n) is 13.2. The van der Waals surface area contributed by atoms with Gasteiger partial charge in [0.2, 0.25) is 0 Å². The summed E-state index contributed by atoms with van der Waals surface area (Å²) in [6, 6.07) is 14.6. The van der Waals surface area contributed by atoms with E-state index in [-0.39, 0.29) is 13.2 Å². The van der Waals surface area contributed by atoms with Crippen LogP contribution in [0.25, 0.3) is 0 Å². The fourth-order valence-corrected chi connectivity index (χ4v) is 2.73. The summed E-state index contributed by atoms with van der Waals surface area (Å²) in [5, 5.41) is 9.79. The van der Waals surface area contributed by atoms with E-state index in [0.29, 0.717) is 0 Å².